The molecule has 0 spiro atoms. The first-order valence-corrected chi connectivity index (χ1v) is 5.38. The molecule has 1 aliphatic carbocycles. The SMILES string of the molecule is Cc1nn(C)c(Cl)c1C1(CN)CCC1. The summed E-state index contributed by atoms with van der Waals surface area (Å²) in [6.45, 7) is 2.69. The summed E-state index contributed by atoms with van der Waals surface area (Å²) in [4.78, 5) is 0. The van der Waals surface area contributed by atoms with Gasteiger partial charge in [0.05, 0.1) is 5.69 Å². The van der Waals surface area contributed by atoms with Gasteiger partial charge in [0.2, 0.25) is 0 Å². The lowest BCUT2D eigenvalue weighted by Gasteiger charge is -2.41. The third-order valence-corrected chi connectivity index (χ3v) is 3.82. The van der Waals surface area contributed by atoms with Crippen molar-refractivity contribution in [2.75, 3.05) is 6.54 Å². The van der Waals surface area contributed by atoms with Crippen molar-refractivity contribution in [1.82, 2.24) is 9.78 Å². The molecule has 3 nitrogen and oxygen atoms in total. The normalized spacial score (nSPS) is 19.4. The highest BCUT2D eigenvalue weighted by molar-refractivity contribution is 6.30. The first kappa shape index (κ1) is 9.99. The predicted octanol–water partition coefficient (Wildman–Crippen LogP) is 1.76. The Morgan fingerprint density at radius 2 is 2.21 bits per heavy atom. The van der Waals surface area contributed by atoms with Crippen LogP contribution in [-0.4, -0.2) is 16.3 Å². The van der Waals surface area contributed by atoms with Gasteiger partial charge in [-0.3, -0.25) is 4.68 Å². The molecule has 0 aromatic carbocycles. The van der Waals surface area contributed by atoms with E-state index in [0.717, 1.165) is 23.7 Å². The second kappa shape index (κ2) is 3.24. The van der Waals surface area contributed by atoms with Gasteiger partial charge in [0, 0.05) is 24.6 Å². The van der Waals surface area contributed by atoms with E-state index in [1.54, 1.807) is 4.68 Å². The molecule has 4 heteroatoms. The van der Waals surface area contributed by atoms with Gasteiger partial charge in [0.25, 0.3) is 0 Å². The molecule has 0 unspecified atom stereocenters. The van der Waals surface area contributed by atoms with Crippen molar-refractivity contribution in [2.24, 2.45) is 12.8 Å². The molecule has 78 valence electrons. The third-order valence-electron chi connectivity index (χ3n) is 3.38. The number of nitrogens with zero attached hydrogens (tertiary/aromatic N) is 2. The Bertz CT molecular complexity index is 347. The van der Waals surface area contributed by atoms with Crippen LogP contribution >= 0.6 is 11.6 Å². The first-order chi connectivity index (χ1) is 6.60. The molecular formula is C10H16ClN3. The number of aryl methyl sites for hydroxylation is 2. The maximum absolute atomic E-state index is 6.23. The summed E-state index contributed by atoms with van der Waals surface area (Å²) in [6.07, 6.45) is 3.55. The van der Waals surface area contributed by atoms with Crippen LogP contribution in [0, 0.1) is 6.92 Å². The highest BCUT2D eigenvalue weighted by atomic mass is 35.5. The number of aromatic nitrogens is 2. The maximum atomic E-state index is 6.23. The lowest BCUT2D eigenvalue weighted by atomic mass is 9.64. The fourth-order valence-electron chi connectivity index (χ4n) is 2.39. The highest BCUT2D eigenvalue weighted by Gasteiger charge is 2.41. The van der Waals surface area contributed by atoms with Gasteiger partial charge in [-0.2, -0.15) is 5.10 Å². The lowest BCUT2D eigenvalue weighted by Crippen LogP contribution is -2.42. The Morgan fingerprint density at radius 1 is 1.57 bits per heavy atom. The van der Waals surface area contributed by atoms with E-state index in [2.05, 4.69) is 5.10 Å². The quantitative estimate of drug-likeness (QED) is 0.814. The second-order valence-electron chi connectivity index (χ2n) is 4.21. The van der Waals surface area contributed by atoms with Crippen LogP contribution in [0.4, 0.5) is 0 Å². The molecule has 1 aliphatic rings. The van der Waals surface area contributed by atoms with Crippen LogP contribution in [0.15, 0.2) is 0 Å². The number of rotatable bonds is 2. The van der Waals surface area contributed by atoms with Gasteiger partial charge in [0.15, 0.2) is 0 Å². The highest BCUT2D eigenvalue weighted by Crippen LogP contribution is 2.46. The van der Waals surface area contributed by atoms with Gasteiger partial charge >= 0.3 is 0 Å². The van der Waals surface area contributed by atoms with Crippen molar-refractivity contribution in [2.45, 2.75) is 31.6 Å². The third kappa shape index (κ3) is 1.19. The summed E-state index contributed by atoms with van der Waals surface area (Å²) in [6, 6.07) is 0. The average molecular weight is 214 g/mol. The summed E-state index contributed by atoms with van der Waals surface area (Å²) in [5.41, 5.74) is 8.18. The monoisotopic (exact) mass is 213 g/mol. The van der Waals surface area contributed by atoms with Crippen molar-refractivity contribution in [3.63, 3.8) is 0 Å². The maximum Gasteiger partial charge on any atom is 0.130 e. The van der Waals surface area contributed by atoms with Crippen molar-refractivity contribution >= 4 is 11.6 Å². The molecule has 1 saturated carbocycles. The van der Waals surface area contributed by atoms with Gasteiger partial charge in [-0.15, -0.1) is 0 Å². The molecule has 1 fully saturated rings. The van der Waals surface area contributed by atoms with Crippen LogP contribution in [-0.2, 0) is 12.5 Å². The Labute approximate surface area is 89.2 Å². The molecule has 1 heterocycles. The zero-order valence-corrected chi connectivity index (χ0v) is 9.43. The second-order valence-corrected chi connectivity index (χ2v) is 4.57. The van der Waals surface area contributed by atoms with Crippen LogP contribution in [0.25, 0.3) is 0 Å². The molecule has 2 N–H and O–H groups in total. The van der Waals surface area contributed by atoms with Crippen LogP contribution in [0.1, 0.15) is 30.5 Å². The molecular weight excluding hydrogens is 198 g/mol. The number of halogens is 1. The fraction of sp³-hybridized carbons (Fsp3) is 0.700. The first-order valence-electron chi connectivity index (χ1n) is 5.00. The number of nitrogens with two attached hydrogens (primary N) is 1. The van der Waals surface area contributed by atoms with Gasteiger partial charge in [-0.05, 0) is 19.8 Å². The van der Waals surface area contributed by atoms with E-state index in [4.69, 9.17) is 17.3 Å². The molecule has 14 heavy (non-hydrogen) atoms. The van der Waals surface area contributed by atoms with Gasteiger partial charge < -0.3 is 5.73 Å². The van der Waals surface area contributed by atoms with Crippen molar-refractivity contribution in [3.05, 3.63) is 16.4 Å². The van der Waals surface area contributed by atoms with E-state index >= 15 is 0 Å². The minimum absolute atomic E-state index is 0.120. The number of hydrogen-bond donors (Lipinski definition) is 1. The van der Waals surface area contributed by atoms with E-state index in [1.165, 1.54) is 12.0 Å². The summed E-state index contributed by atoms with van der Waals surface area (Å²) in [5.74, 6) is 0. The summed E-state index contributed by atoms with van der Waals surface area (Å²) < 4.78 is 1.74. The summed E-state index contributed by atoms with van der Waals surface area (Å²) >= 11 is 6.23. The molecule has 1 aromatic heterocycles. The topological polar surface area (TPSA) is 43.8 Å². The van der Waals surface area contributed by atoms with E-state index in [-0.39, 0.29) is 5.41 Å². The molecule has 0 aliphatic heterocycles. The molecule has 0 saturated heterocycles. The Morgan fingerprint density at radius 3 is 2.50 bits per heavy atom. The molecule has 2 rings (SSSR count). The van der Waals surface area contributed by atoms with Crippen molar-refractivity contribution < 1.29 is 0 Å². The van der Waals surface area contributed by atoms with Gasteiger partial charge in [-0.1, -0.05) is 18.0 Å². The van der Waals surface area contributed by atoms with E-state index in [1.807, 2.05) is 14.0 Å². The minimum atomic E-state index is 0.120. The zero-order valence-electron chi connectivity index (χ0n) is 8.68. The minimum Gasteiger partial charge on any atom is -0.330 e. The predicted molar refractivity (Wildman–Crippen MR) is 57.5 cm³/mol. The Hall–Kier alpha value is -0.540. The molecule has 0 amide bonds. The van der Waals surface area contributed by atoms with Crippen molar-refractivity contribution in [1.29, 1.82) is 0 Å². The number of hydrogen-bond acceptors (Lipinski definition) is 2. The van der Waals surface area contributed by atoms with Crippen LogP contribution in [0.5, 0.6) is 0 Å². The zero-order chi connectivity index (χ0) is 10.3. The van der Waals surface area contributed by atoms with Crippen LogP contribution < -0.4 is 5.73 Å². The Kier molecular flexibility index (Phi) is 2.32. The van der Waals surface area contributed by atoms with E-state index < -0.39 is 0 Å². The summed E-state index contributed by atoms with van der Waals surface area (Å²) in [7, 11) is 1.88. The van der Waals surface area contributed by atoms with Gasteiger partial charge in [0.1, 0.15) is 5.15 Å². The fourth-order valence-corrected chi connectivity index (χ4v) is 2.77. The average Bonchev–Trinajstić information content (AvgIpc) is 2.31. The largest absolute Gasteiger partial charge is 0.330 e. The Balaban J connectivity index is 2.49. The molecule has 1 aromatic rings. The van der Waals surface area contributed by atoms with E-state index in [9.17, 15) is 0 Å². The summed E-state index contributed by atoms with van der Waals surface area (Å²) in [5, 5.41) is 5.09. The van der Waals surface area contributed by atoms with E-state index in [0.29, 0.717) is 6.54 Å². The van der Waals surface area contributed by atoms with Crippen LogP contribution in [0.2, 0.25) is 5.15 Å². The standard InChI is InChI=1S/C10H16ClN3/c1-7-8(9(11)14(2)13-7)10(6-12)4-3-5-10/h3-6,12H2,1-2H3. The van der Waals surface area contributed by atoms with Crippen LogP contribution in [0.3, 0.4) is 0 Å². The molecule has 0 radical (unpaired) electrons. The van der Waals surface area contributed by atoms with Gasteiger partial charge in [-0.25, -0.2) is 0 Å². The smallest absolute Gasteiger partial charge is 0.130 e. The van der Waals surface area contributed by atoms with Crippen molar-refractivity contribution in [3.8, 4) is 0 Å². The molecule has 0 bridgehead atoms. The molecule has 0 atom stereocenters. The lowest BCUT2D eigenvalue weighted by molar-refractivity contribution is 0.252.